The predicted molar refractivity (Wildman–Crippen MR) is 122 cm³/mol. The molecule has 0 saturated heterocycles. The molecule has 1 rings (SSSR count). The van der Waals surface area contributed by atoms with Crippen molar-refractivity contribution in [1.29, 1.82) is 0 Å². The third kappa shape index (κ3) is 12.0. The van der Waals surface area contributed by atoms with Gasteiger partial charge in [-0.3, -0.25) is 0 Å². The lowest BCUT2D eigenvalue weighted by Crippen LogP contribution is -2.34. The highest BCUT2D eigenvalue weighted by Gasteiger charge is 2.18. The smallest absolute Gasteiger partial charge is 0.410 e. The van der Waals surface area contributed by atoms with E-state index in [1.54, 1.807) is 12.0 Å². The van der Waals surface area contributed by atoms with E-state index in [1.165, 1.54) is 56.9 Å². The van der Waals surface area contributed by atoms with Gasteiger partial charge < -0.3 is 14.4 Å². The van der Waals surface area contributed by atoms with Gasteiger partial charge in [0.2, 0.25) is 0 Å². The van der Waals surface area contributed by atoms with Gasteiger partial charge in [0.05, 0.1) is 7.11 Å². The largest absolute Gasteiger partial charge is 0.497 e. The van der Waals surface area contributed by atoms with Crippen LogP contribution in [0.3, 0.4) is 0 Å². The standard InChI is InChI=1S/C24H40ClNO3/c1-24(2,3)29-23(27)26(4)18-14-12-10-8-6-7-9-11-13-15-20-19-21(28-5)16-17-22(20)25/h16-17,19H,6-15,18H2,1-5H3. The van der Waals surface area contributed by atoms with Crippen molar-refractivity contribution in [3.8, 4) is 5.75 Å². The Kier molecular flexibility index (Phi) is 12.1. The minimum absolute atomic E-state index is 0.229. The van der Waals surface area contributed by atoms with Crippen molar-refractivity contribution in [2.75, 3.05) is 20.7 Å². The van der Waals surface area contributed by atoms with Crippen LogP contribution in [0.2, 0.25) is 5.02 Å². The number of nitrogens with zero attached hydrogens (tertiary/aromatic N) is 1. The quantitative estimate of drug-likeness (QED) is 0.312. The van der Waals surface area contributed by atoms with Crippen LogP contribution in [0.5, 0.6) is 5.75 Å². The van der Waals surface area contributed by atoms with Crippen molar-refractivity contribution >= 4 is 17.7 Å². The number of hydrogen-bond acceptors (Lipinski definition) is 3. The molecule has 0 aliphatic heterocycles. The van der Waals surface area contributed by atoms with Gasteiger partial charge in [0, 0.05) is 18.6 Å². The molecule has 0 aliphatic carbocycles. The van der Waals surface area contributed by atoms with Gasteiger partial charge >= 0.3 is 6.09 Å². The molecule has 1 aromatic rings. The van der Waals surface area contributed by atoms with Gasteiger partial charge in [-0.1, -0.05) is 56.5 Å². The first-order valence-electron chi connectivity index (χ1n) is 11.0. The molecule has 0 atom stereocenters. The Morgan fingerprint density at radius 1 is 0.966 bits per heavy atom. The van der Waals surface area contributed by atoms with E-state index in [9.17, 15) is 4.79 Å². The lowest BCUT2D eigenvalue weighted by molar-refractivity contribution is 0.0296. The van der Waals surface area contributed by atoms with Crippen molar-refractivity contribution in [3.63, 3.8) is 0 Å². The second-order valence-corrected chi connectivity index (χ2v) is 9.20. The number of methoxy groups -OCH3 is 1. The van der Waals surface area contributed by atoms with Crippen LogP contribution in [0.25, 0.3) is 0 Å². The number of benzene rings is 1. The second-order valence-electron chi connectivity index (χ2n) is 8.79. The number of ether oxygens (including phenoxy) is 2. The second kappa shape index (κ2) is 13.7. The van der Waals surface area contributed by atoms with Gasteiger partial charge in [-0.05, 0) is 63.8 Å². The third-order valence-electron chi connectivity index (χ3n) is 4.90. The first kappa shape index (κ1) is 25.6. The molecular weight excluding hydrogens is 386 g/mol. The number of rotatable bonds is 13. The zero-order chi connectivity index (χ0) is 21.7. The van der Waals surface area contributed by atoms with Crippen LogP contribution < -0.4 is 4.74 Å². The molecule has 0 aromatic heterocycles. The molecule has 0 fully saturated rings. The summed E-state index contributed by atoms with van der Waals surface area (Å²) in [5, 5.41) is 0.836. The maximum atomic E-state index is 11.9. The fourth-order valence-corrected chi connectivity index (χ4v) is 3.41. The predicted octanol–water partition coefficient (Wildman–Crippen LogP) is 7.27. The van der Waals surface area contributed by atoms with Crippen LogP contribution in [0, 0.1) is 0 Å². The van der Waals surface area contributed by atoms with Gasteiger partial charge in [0.25, 0.3) is 0 Å². The van der Waals surface area contributed by atoms with E-state index in [4.69, 9.17) is 21.1 Å². The molecule has 166 valence electrons. The van der Waals surface area contributed by atoms with Crippen LogP contribution >= 0.6 is 11.6 Å². The Balaban J connectivity index is 1.98. The number of halogens is 1. The summed E-state index contributed by atoms with van der Waals surface area (Å²) in [5.41, 5.74) is 0.758. The van der Waals surface area contributed by atoms with Crippen LogP contribution in [0.15, 0.2) is 18.2 Å². The number of unbranched alkanes of at least 4 members (excludes halogenated alkanes) is 8. The summed E-state index contributed by atoms with van der Waals surface area (Å²) in [4.78, 5) is 13.6. The monoisotopic (exact) mass is 425 g/mol. The van der Waals surface area contributed by atoms with Gasteiger partial charge in [0.1, 0.15) is 11.4 Å². The number of aryl methyl sites for hydroxylation is 1. The summed E-state index contributed by atoms with van der Waals surface area (Å²) >= 11 is 6.26. The summed E-state index contributed by atoms with van der Waals surface area (Å²) in [5.74, 6) is 0.877. The Morgan fingerprint density at radius 3 is 2.07 bits per heavy atom. The average Bonchev–Trinajstić information content (AvgIpc) is 2.65. The number of carbonyl (C=O) groups is 1. The Morgan fingerprint density at radius 2 is 1.52 bits per heavy atom. The SMILES string of the molecule is COc1ccc(Cl)c(CCCCCCCCCCCN(C)C(=O)OC(C)(C)C)c1. The fourth-order valence-electron chi connectivity index (χ4n) is 3.20. The Labute approximate surface area is 182 Å². The molecule has 0 unspecified atom stereocenters. The van der Waals surface area contributed by atoms with Crippen LogP contribution in [-0.2, 0) is 11.2 Å². The van der Waals surface area contributed by atoms with E-state index in [1.807, 2.05) is 46.0 Å². The molecule has 1 amide bonds. The normalized spacial score (nSPS) is 11.4. The zero-order valence-corrected chi connectivity index (χ0v) is 19.8. The van der Waals surface area contributed by atoms with Gasteiger partial charge in [-0.25, -0.2) is 4.79 Å². The first-order chi connectivity index (χ1) is 13.7. The third-order valence-corrected chi connectivity index (χ3v) is 5.27. The molecule has 4 nitrogen and oxygen atoms in total. The lowest BCUT2D eigenvalue weighted by atomic mass is 10.0. The van der Waals surface area contributed by atoms with Crippen LogP contribution in [0.4, 0.5) is 4.79 Å². The fraction of sp³-hybridized carbons (Fsp3) is 0.708. The summed E-state index contributed by atoms with van der Waals surface area (Å²) in [6.07, 6.45) is 11.8. The minimum atomic E-state index is -0.425. The molecule has 0 saturated carbocycles. The highest BCUT2D eigenvalue weighted by Crippen LogP contribution is 2.24. The van der Waals surface area contributed by atoms with Crippen LogP contribution in [-0.4, -0.2) is 37.3 Å². The molecule has 5 heteroatoms. The van der Waals surface area contributed by atoms with Crippen molar-refractivity contribution in [1.82, 2.24) is 4.90 Å². The van der Waals surface area contributed by atoms with E-state index >= 15 is 0 Å². The molecular formula is C24H40ClNO3. The highest BCUT2D eigenvalue weighted by molar-refractivity contribution is 6.31. The van der Waals surface area contributed by atoms with E-state index in [0.717, 1.165) is 30.2 Å². The molecule has 0 bridgehead atoms. The minimum Gasteiger partial charge on any atom is -0.497 e. The average molecular weight is 426 g/mol. The molecule has 0 radical (unpaired) electrons. The molecule has 1 aromatic carbocycles. The number of hydrogen-bond donors (Lipinski definition) is 0. The van der Waals surface area contributed by atoms with Crippen molar-refractivity contribution in [3.05, 3.63) is 28.8 Å². The summed E-state index contributed by atoms with van der Waals surface area (Å²) in [6.45, 7) is 6.45. The summed E-state index contributed by atoms with van der Waals surface area (Å²) in [7, 11) is 3.50. The number of amides is 1. The van der Waals surface area contributed by atoms with Crippen LogP contribution in [0.1, 0.15) is 84.1 Å². The molecule has 0 N–H and O–H groups in total. The first-order valence-corrected chi connectivity index (χ1v) is 11.4. The van der Waals surface area contributed by atoms with Gasteiger partial charge in [-0.2, -0.15) is 0 Å². The Hall–Kier alpha value is -1.42. The maximum absolute atomic E-state index is 11.9. The van der Waals surface area contributed by atoms with Crippen molar-refractivity contribution < 1.29 is 14.3 Å². The van der Waals surface area contributed by atoms with E-state index in [0.29, 0.717) is 0 Å². The topological polar surface area (TPSA) is 38.8 Å². The Bertz CT molecular complexity index is 598. The van der Waals surface area contributed by atoms with E-state index < -0.39 is 5.60 Å². The highest BCUT2D eigenvalue weighted by atomic mass is 35.5. The molecule has 0 heterocycles. The maximum Gasteiger partial charge on any atom is 0.410 e. The van der Waals surface area contributed by atoms with E-state index in [-0.39, 0.29) is 6.09 Å². The molecule has 0 spiro atoms. The summed E-state index contributed by atoms with van der Waals surface area (Å²) in [6, 6.07) is 5.87. The van der Waals surface area contributed by atoms with Crippen molar-refractivity contribution in [2.45, 2.75) is 90.6 Å². The molecule has 0 aliphatic rings. The molecule has 29 heavy (non-hydrogen) atoms. The zero-order valence-electron chi connectivity index (χ0n) is 19.1. The number of carbonyl (C=O) groups excluding carboxylic acids is 1. The van der Waals surface area contributed by atoms with Gasteiger partial charge in [-0.15, -0.1) is 0 Å². The van der Waals surface area contributed by atoms with Crippen molar-refractivity contribution in [2.24, 2.45) is 0 Å². The van der Waals surface area contributed by atoms with E-state index in [2.05, 4.69) is 0 Å². The summed E-state index contributed by atoms with van der Waals surface area (Å²) < 4.78 is 10.6. The lowest BCUT2D eigenvalue weighted by Gasteiger charge is -2.24. The van der Waals surface area contributed by atoms with Gasteiger partial charge in [0.15, 0.2) is 0 Å².